The van der Waals surface area contributed by atoms with E-state index in [4.69, 9.17) is 9.52 Å². The third-order valence-electron chi connectivity index (χ3n) is 2.69. The van der Waals surface area contributed by atoms with Gasteiger partial charge >= 0.3 is 5.97 Å². The summed E-state index contributed by atoms with van der Waals surface area (Å²) in [7, 11) is 0. The van der Waals surface area contributed by atoms with Gasteiger partial charge in [0.15, 0.2) is 5.09 Å². The molecular formula is C14H10N2O3S. The minimum Gasteiger partial charge on any atom is -0.475 e. The molecule has 100 valence electrons. The van der Waals surface area contributed by atoms with E-state index in [9.17, 15) is 4.79 Å². The summed E-state index contributed by atoms with van der Waals surface area (Å²) in [5.74, 6) is -1.17. The Bertz CT molecular complexity index is 798. The van der Waals surface area contributed by atoms with Gasteiger partial charge in [0.25, 0.3) is 0 Å². The zero-order valence-corrected chi connectivity index (χ0v) is 11.3. The molecule has 0 saturated carbocycles. The molecule has 2 heterocycles. The molecule has 1 N–H and O–H groups in total. The average Bonchev–Trinajstić information content (AvgIpc) is 2.88. The lowest BCUT2D eigenvalue weighted by atomic mass is 10.3. The Morgan fingerprint density at radius 1 is 1.15 bits per heavy atom. The Morgan fingerprint density at radius 2 is 1.85 bits per heavy atom. The largest absolute Gasteiger partial charge is 0.475 e. The van der Waals surface area contributed by atoms with Crippen molar-refractivity contribution in [1.29, 1.82) is 0 Å². The number of nitrogens with zero attached hydrogens (tertiary/aromatic N) is 2. The standard InChI is InChI=1S/C14H10N2O3S/c1-8-13(16-10-5-3-2-4-9(10)15-8)20-12-7-6-11(19-12)14(17)18/h2-7H,1H3,(H,17,18). The van der Waals surface area contributed by atoms with Gasteiger partial charge in [0.05, 0.1) is 16.7 Å². The molecule has 5 nitrogen and oxygen atoms in total. The number of carboxylic acid groups (broad SMARTS) is 1. The number of para-hydroxylation sites is 2. The number of benzene rings is 1. The smallest absolute Gasteiger partial charge is 0.371 e. The molecule has 3 rings (SSSR count). The molecule has 0 aliphatic carbocycles. The van der Waals surface area contributed by atoms with Crippen molar-refractivity contribution in [3.63, 3.8) is 0 Å². The highest BCUT2D eigenvalue weighted by Gasteiger charge is 2.12. The Hall–Kier alpha value is -2.34. The van der Waals surface area contributed by atoms with Gasteiger partial charge in [-0.2, -0.15) is 0 Å². The first-order valence-corrected chi connectivity index (χ1v) is 6.69. The summed E-state index contributed by atoms with van der Waals surface area (Å²) in [6.45, 7) is 1.86. The molecule has 0 unspecified atom stereocenters. The number of fused-ring (bicyclic) bond motifs is 1. The van der Waals surface area contributed by atoms with Crippen LogP contribution in [0.2, 0.25) is 0 Å². The molecule has 0 saturated heterocycles. The van der Waals surface area contributed by atoms with Crippen LogP contribution in [-0.2, 0) is 0 Å². The van der Waals surface area contributed by atoms with E-state index in [0.717, 1.165) is 16.7 Å². The quantitative estimate of drug-likeness (QED) is 0.795. The molecule has 0 bridgehead atoms. The van der Waals surface area contributed by atoms with Gasteiger partial charge in [0.1, 0.15) is 5.03 Å². The van der Waals surface area contributed by atoms with Crippen molar-refractivity contribution in [1.82, 2.24) is 9.97 Å². The third kappa shape index (κ3) is 2.37. The number of carboxylic acids is 1. The van der Waals surface area contributed by atoms with E-state index in [2.05, 4.69) is 9.97 Å². The lowest BCUT2D eigenvalue weighted by Gasteiger charge is -2.04. The first-order valence-electron chi connectivity index (χ1n) is 5.88. The summed E-state index contributed by atoms with van der Waals surface area (Å²) in [6, 6.07) is 10.6. The minimum absolute atomic E-state index is 0.0844. The number of aryl methyl sites for hydroxylation is 1. The van der Waals surface area contributed by atoms with Gasteiger partial charge in [-0.3, -0.25) is 0 Å². The van der Waals surface area contributed by atoms with Crippen LogP contribution in [0.1, 0.15) is 16.2 Å². The van der Waals surface area contributed by atoms with Crippen molar-refractivity contribution in [2.24, 2.45) is 0 Å². The molecule has 0 spiro atoms. The second-order valence-electron chi connectivity index (χ2n) is 4.13. The van der Waals surface area contributed by atoms with Gasteiger partial charge < -0.3 is 9.52 Å². The first-order chi connectivity index (χ1) is 9.63. The summed E-state index contributed by atoms with van der Waals surface area (Å²) in [5.41, 5.74) is 2.41. The predicted molar refractivity (Wildman–Crippen MR) is 74.1 cm³/mol. The Kier molecular flexibility index (Phi) is 3.15. The summed E-state index contributed by atoms with van der Waals surface area (Å²) in [5, 5.41) is 10.0. The van der Waals surface area contributed by atoms with Crippen LogP contribution in [0.5, 0.6) is 0 Å². The van der Waals surface area contributed by atoms with Crippen LogP contribution in [0.4, 0.5) is 0 Å². The number of furan rings is 1. The van der Waals surface area contributed by atoms with Gasteiger partial charge in [-0.05, 0) is 43.0 Å². The second kappa shape index (κ2) is 4.97. The predicted octanol–water partition coefficient (Wildman–Crippen LogP) is 3.38. The van der Waals surface area contributed by atoms with Gasteiger partial charge in [-0.15, -0.1) is 0 Å². The van der Waals surface area contributed by atoms with E-state index >= 15 is 0 Å². The SMILES string of the molecule is Cc1nc2ccccc2nc1Sc1ccc(C(=O)O)o1. The molecule has 0 fully saturated rings. The van der Waals surface area contributed by atoms with Crippen molar-refractivity contribution in [3.8, 4) is 0 Å². The van der Waals surface area contributed by atoms with Crippen molar-refractivity contribution >= 4 is 28.8 Å². The Balaban J connectivity index is 1.97. The van der Waals surface area contributed by atoms with E-state index in [1.807, 2.05) is 31.2 Å². The van der Waals surface area contributed by atoms with Gasteiger partial charge in [0.2, 0.25) is 5.76 Å². The zero-order valence-electron chi connectivity index (χ0n) is 10.5. The highest BCUT2D eigenvalue weighted by atomic mass is 32.2. The minimum atomic E-state index is -1.09. The molecule has 2 aromatic heterocycles. The number of aromatic nitrogens is 2. The molecule has 20 heavy (non-hydrogen) atoms. The Morgan fingerprint density at radius 3 is 2.50 bits per heavy atom. The first kappa shape index (κ1) is 12.7. The van der Waals surface area contributed by atoms with E-state index in [-0.39, 0.29) is 5.76 Å². The van der Waals surface area contributed by atoms with Crippen LogP contribution in [0, 0.1) is 6.92 Å². The normalized spacial score (nSPS) is 10.8. The summed E-state index contributed by atoms with van der Waals surface area (Å²) >= 11 is 1.26. The fourth-order valence-corrected chi connectivity index (χ4v) is 2.55. The third-order valence-corrected chi connectivity index (χ3v) is 3.69. The maximum atomic E-state index is 10.8. The number of hydrogen-bond acceptors (Lipinski definition) is 5. The summed E-state index contributed by atoms with van der Waals surface area (Å²) < 4.78 is 5.21. The topological polar surface area (TPSA) is 76.2 Å². The van der Waals surface area contributed by atoms with E-state index in [1.54, 1.807) is 6.07 Å². The molecule has 0 aliphatic heterocycles. The summed E-state index contributed by atoms with van der Waals surface area (Å²) in [6.07, 6.45) is 0. The van der Waals surface area contributed by atoms with Crippen molar-refractivity contribution < 1.29 is 14.3 Å². The highest BCUT2D eigenvalue weighted by Crippen LogP contribution is 2.30. The monoisotopic (exact) mass is 286 g/mol. The second-order valence-corrected chi connectivity index (χ2v) is 5.12. The maximum Gasteiger partial charge on any atom is 0.371 e. The molecular weight excluding hydrogens is 276 g/mol. The molecule has 0 amide bonds. The highest BCUT2D eigenvalue weighted by molar-refractivity contribution is 7.99. The lowest BCUT2D eigenvalue weighted by molar-refractivity contribution is 0.0656. The van der Waals surface area contributed by atoms with E-state index in [0.29, 0.717) is 10.1 Å². The number of hydrogen-bond donors (Lipinski definition) is 1. The fourth-order valence-electron chi connectivity index (χ4n) is 1.75. The molecule has 3 aromatic rings. The Labute approximate surface area is 118 Å². The average molecular weight is 286 g/mol. The zero-order chi connectivity index (χ0) is 14.1. The number of rotatable bonds is 3. The fraction of sp³-hybridized carbons (Fsp3) is 0.0714. The van der Waals surface area contributed by atoms with Crippen molar-refractivity contribution in [3.05, 3.63) is 47.9 Å². The van der Waals surface area contributed by atoms with Crippen LogP contribution in [0.3, 0.4) is 0 Å². The van der Waals surface area contributed by atoms with Gasteiger partial charge in [0, 0.05) is 0 Å². The number of carbonyl (C=O) groups is 1. The van der Waals surface area contributed by atoms with Crippen molar-refractivity contribution in [2.45, 2.75) is 17.0 Å². The van der Waals surface area contributed by atoms with E-state index in [1.165, 1.54) is 17.8 Å². The molecule has 6 heteroatoms. The van der Waals surface area contributed by atoms with Crippen LogP contribution < -0.4 is 0 Å². The van der Waals surface area contributed by atoms with Crippen LogP contribution >= 0.6 is 11.8 Å². The molecule has 0 radical (unpaired) electrons. The lowest BCUT2D eigenvalue weighted by Crippen LogP contribution is -1.92. The van der Waals surface area contributed by atoms with Gasteiger partial charge in [-0.25, -0.2) is 14.8 Å². The van der Waals surface area contributed by atoms with Crippen LogP contribution in [-0.4, -0.2) is 21.0 Å². The van der Waals surface area contributed by atoms with Crippen molar-refractivity contribution in [2.75, 3.05) is 0 Å². The van der Waals surface area contributed by atoms with Crippen LogP contribution in [0.25, 0.3) is 11.0 Å². The maximum absolute atomic E-state index is 10.8. The molecule has 1 aromatic carbocycles. The van der Waals surface area contributed by atoms with Gasteiger partial charge in [-0.1, -0.05) is 12.1 Å². The van der Waals surface area contributed by atoms with E-state index < -0.39 is 5.97 Å². The number of aromatic carboxylic acids is 1. The summed E-state index contributed by atoms with van der Waals surface area (Å²) in [4.78, 5) is 19.8. The molecule has 0 aliphatic rings. The molecule has 0 atom stereocenters. The van der Waals surface area contributed by atoms with Crippen LogP contribution in [0.15, 0.2) is 50.9 Å².